The van der Waals surface area contributed by atoms with E-state index < -0.39 is 4.27 Å². The van der Waals surface area contributed by atoms with Crippen molar-refractivity contribution in [1.82, 2.24) is 15.0 Å². The summed E-state index contributed by atoms with van der Waals surface area (Å²) in [6, 6.07) is 6.59. The molecule has 0 aliphatic heterocycles. The Morgan fingerprint density at radius 2 is 1.93 bits per heavy atom. The van der Waals surface area contributed by atoms with Gasteiger partial charge in [-0.25, -0.2) is 0 Å². The molecular formula is C19H20N4O3S3. The number of nitrogens with zero attached hydrogens (tertiary/aromatic N) is 3. The summed E-state index contributed by atoms with van der Waals surface area (Å²) >= 11 is 9.78. The normalized spacial score (nSPS) is 12.1. The van der Waals surface area contributed by atoms with Crippen molar-refractivity contribution in [3.63, 3.8) is 0 Å². The van der Waals surface area contributed by atoms with Crippen LogP contribution in [0.15, 0.2) is 65.9 Å². The summed E-state index contributed by atoms with van der Waals surface area (Å²) in [5.41, 5.74) is 6.72. The van der Waals surface area contributed by atoms with E-state index in [-0.39, 0.29) is 22.2 Å². The van der Waals surface area contributed by atoms with Crippen molar-refractivity contribution in [3.8, 4) is 11.8 Å². The lowest BCUT2D eigenvalue weighted by molar-refractivity contribution is 0.108. The van der Waals surface area contributed by atoms with Gasteiger partial charge in [0.05, 0.1) is 7.11 Å². The van der Waals surface area contributed by atoms with Crippen molar-refractivity contribution < 1.29 is 14.3 Å². The third-order valence-electron chi connectivity index (χ3n) is 3.35. The summed E-state index contributed by atoms with van der Waals surface area (Å²) in [5, 5.41) is -0.122. The largest absolute Gasteiger partial charge is 0.467 e. The van der Waals surface area contributed by atoms with Crippen LogP contribution in [0.4, 0.5) is 5.95 Å². The van der Waals surface area contributed by atoms with Crippen LogP contribution < -0.4 is 15.2 Å². The molecule has 0 fully saturated rings. The number of benzene rings is 1. The van der Waals surface area contributed by atoms with Crippen molar-refractivity contribution >= 4 is 48.1 Å². The maximum Gasteiger partial charge on any atom is 0.321 e. The van der Waals surface area contributed by atoms with Gasteiger partial charge in [-0.05, 0) is 43.0 Å². The van der Waals surface area contributed by atoms with Gasteiger partial charge in [-0.1, -0.05) is 30.9 Å². The maximum absolute atomic E-state index is 12.5. The third kappa shape index (κ3) is 6.55. The van der Waals surface area contributed by atoms with Crippen molar-refractivity contribution in [1.29, 1.82) is 0 Å². The molecule has 2 rings (SSSR count). The van der Waals surface area contributed by atoms with Gasteiger partial charge >= 0.3 is 6.01 Å². The lowest BCUT2D eigenvalue weighted by atomic mass is 10.2. The van der Waals surface area contributed by atoms with E-state index in [4.69, 9.17) is 15.2 Å². The predicted octanol–water partition coefficient (Wildman–Crippen LogP) is 3.98. The van der Waals surface area contributed by atoms with Crippen LogP contribution in [-0.2, 0) is 0 Å². The second kappa shape index (κ2) is 10.4. The summed E-state index contributed by atoms with van der Waals surface area (Å²) in [4.78, 5) is 24.2. The number of carbonyl (C=O) groups excluding carboxylic acids is 1. The molecule has 0 atom stereocenters. The molecular weight excluding hydrogens is 428 g/mol. The number of hydrogen-bond donors (Lipinski definition) is 3. The number of anilines is 1. The fourth-order valence-corrected chi connectivity index (χ4v) is 3.28. The molecule has 0 saturated carbocycles. The molecule has 1 aromatic carbocycles. The molecule has 0 spiro atoms. The van der Waals surface area contributed by atoms with Crippen molar-refractivity contribution in [2.45, 2.75) is 16.3 Å². The fraction of sp³-hybridized carbons (Fsp3) is 0.158. The van der Waals surface area contributed by atoms with E-state index in [0.717, 1.165) is 11.8 Å². The van der Waals surface area contributed by atoms with Crippen LogP contribution in [-0.4, -0.2) is 31.4 Å². The number of nitrogens with two attached hydrogens (primary N) is 1. The van der Waals surface area contributed by atoms with Crippen LogP contribution in [0.5, 0.6) is 11.8 Å². The van der Waals surface area contributed by atoms with Gasteiger partial charge in [0.1, 0.15) is 5.75 Å². The highest BCUT2D eigenvalue weighted by Gasteiger charge is 2.26. The highest BCUT2D eigenvalue weighted by molar-refractivity contribution is 8.14. The summed E-state index contributed by atoms with van der Waals surface area (Å²) < 4.78 is 9.59. The summed E-state index contributed by atoms with van der Waals surface area (Å²) in [6.07, 6.45) is 7.05. The molecule has 1 aromatic heterocycles. The number of thiol groups is 2. The molecule has 0 aliphatic rings. The Morgan fingerprint density at radius 3 is 2.52 bits per heavy atom. The molecule has 0 amide bonds. The molecule has 29 heavy (non-hydrogen) atoms. The number of ether oxygens (including phenoxy) is 2. The number of aromatic nitrogens is 3. The molecule has 10 heteroatoms. The zero-order valence-corrected chi connectivity index (χ0v) is 18.4. The molecule has 2 aromatic rings. The number of allylic oxidation sites excluding steroid dienone is 3. The SMILES string of the molecule is C=C/C=C(\C=C/C)C(S)(S)Oc1ccc(C(=O)Sc2nc(N)nc(OC)n2)cc1. The first-order valence-corrected chi connectivity index (χ1v) is 9.97. The predicted molar refractivity (Wildman–Crippen MR) is 122 cm³/mol. The standard InChI is InChI=1S/C19H20N4O3S3/c1-4-6-13(7-5-2)19(27,28)26-14-10-8-12(9-11-14)15(24)29-18-22-16(20)21-17(23-18)25-3/h4-11,27-28H,1H2,2-3H3,(H2,20,21,22,23)/b7-5-,13-6+. The van der Waals surface area contributed by atoms with Crippen LogP contribution in [0, 0.1) is 0 Å². The Hall–Kier alpha value is -2.43. The Morgan fingerprint density at radius 1 is 1.24 bits per heavy atom. The van der Waals surface area contributed by atoms with Crippen molar-refractivity contribution in [2.75, 3.05) is 12.8 Å². The van der Waals surface area contributed by atoms with Gasteiger partial charge in [-0.15, -0.1) is 25.3 Å². The smallest absolute Gasteiger partial charge is 0.321 e. The molecule has 0 radical (unpaired) electrons. The number of rotatable bonds is 8. The molecule has 1 heterocycles. The molecule has 0 saturated heterocycles. The highest BCUT2D eigenvalue weighted by atomic mass is 32.2. The molecule has 0 bridgehead atoms. The number of thioether (sulfide) groups is 1. The first-order valence-electron chi connectivity index (χ1n) is 8.26. The van der Waals surface area contributed by atoms with E-state index in [9.17, 15) is 4.79 Å². The van der Waals surface area contributed by atoms with E-state index >= 15 is 0 Å². The number of carbonyl (C=O) groups is 1. The van der Waals surface area contributed by atoms with Gasteiger partial charge in [0.2, 0.25) is 20.5 Å². The van der Waals surface area contributed by atoms with Crippen LogP contribution >= 0.6 is 37.0 Å². The average molecular weight is 449 g/mol. The molecule has 2 N–H and O–H groups in total. The van der Waals surface area contributed by atoms with Crippen LogP contribution in [0.1, 0.15) is 17.3 Å². The Labute approximate surface area is 184 Å². The van der Waals surface area contributed by atoms with E-state index in [1.165, 1.54) is 7.11 Å². The summed E-state index contributed by atoms with van der Waals surface area (Å²) in [5.74, 6) is 0.460. The Balaban J connectivity index is 2.13. The lowest BCUT2D eigenvalue weighted by Crippen LogP contribution is -2.24. The Bertz CT molecular complexity index is 944. The van der Waals surface area contributed by atoms with Crippen LogP contribution in [0.2, 0.25) is 0 Å². The second-order valence-corrected chi connectivity index (χ2v) is 8.00. The number of methoxy groups -OCH3 is 1. The van der Waals surface area contributed by atoms with Gasteiger partial charge < -0.3 is 15.2 Å². The molecule has 0 aliphatic carbocycles. The minimum absolute atomic E-state index is 0.0284. The molecule has 7 nitrogen and oxygen atoms in total. The van der Waals surface area contributed by atoms with Gasteiger partial charge in [-0.2, -0.15) is 15.0 Å². The first kappa shape index (κ1) is 22.9. The first-order chi connectivity index (χ1) is 13.8. The van der Waals surface area contributed by atoms with E-state index in [1.54, 1.807) is 36.4 Å². The number of hydrogen-bond acceptors (Lipinski definition) is 10. The van der Waals surface area contributed by atoms with E-state index in [0.29, 0.717) is 16.9 Å². The minimum atomic E-state index is -1.18. The van der Waals surface area contributed by atoms with Gasteiger partial charge in [0.15, 0.2) is 0 Å². The van der Waals surface area contributed by atoms with Crippen molar-refractivity contribution in [3.05, 3.63) is 66.3 Å². The van der Waals surface area contributed by atoms with Crippen LogP contribution in [0.25, 0.3) is 0 Å². The quantitative estimate of drug-likeness (QED) is 0.241. The minimum Gasteiger partial charge on any atom is -0.467 e. The van der Waals surface area contributed by atoms with Gasteiger partial charge in [0, 0.05) is 11.1 Å². The Kier molecular flexibility index (Phi) is 8.18. The molecule has 0 unspecified atom stereocenters. The topological polar surface area (TPSA) is 100 Å². The fourth-order valence-electron chi connectivity index (χ4n) is 2.09. The monoisotopic (exact) mass is 448 g/mol. The zero-order valence-electron chi connectivity index (χ0n) is 15.8. The second-order valence-electron chi connectivity index (χ2n) is 5.44. The van der Waals surface area contributed by atoms with Crippen molar-refractivity contribution in [2.24, 2.45) is 0 Å². The van der Waals surface area contributed by atoms with Gasteiger partial charge in [0.25, 0.3) is 0 Å². The lowest BCUT2D eigenvalue weighted by Gasteiger charge is -2.25. The third-order valence-corrected chi connectivity index (χ3v) is 4.83. The maximum atomic E-state index is 12.5. The van der Waals surface area contributed by atoms with Gasteiger partial charge in [-0.3, -0.25) is 4.79 Å². The summed E-state index contributed by atoms with van der Waals surface area (Å²) in [6.45, 7) is 5.56. The summed E-state index contributed by atoms with van der Waals surface area (Å²) in [7, 11) is 1.40. The van der Waals surface area contributed by atoms with Crippen LogP contribution in [0.3, 0.4) is 0 Å². The van der Waals surface area contributed by atoms with E-state index in [2.05, 4.69) is 46.8 Å². The zero-order chi connectivity index (χ0) is 21.4. The molecule has 152 valence electrons. The average Bonchev–Trinajstić information content (AvgIpc) is 2.67. The number of nitrogen functional groups attached to an aromatic ring is 1. The van der Waals surface area contributed by atoms with E-state index in [1.807, 2.05) is 19.1 Å². The highest BCUT2D eigenvalue weighted by Crippen LogP contribution is 2.34.